The van der Waals surface area contributed by atoms with Crippen LogP contribution in [-0.4, -0.2) is 23.5 Å². The lowest BCUT2D eigenvalue weighted by Crippen LogP contribution is -2.21. The Labute approximate surface area is 169 Å². The number of para-hydroxylation sites is 1. The van der Waals surface area contributed by atoms with Gasteiger partial charge in [-0.25, -0.2) is 18.6 Å². The van der Waals surface area contributed by atoms with E-state index in [0.717, 1.165) is 12.1 Å². The average Bonchev–Trinajstić information content (AvgIpc) is 3.29. The van der Waals surface area contributed by atoms with Crippen molar-refractivity contribution >= 4 is 28.5 Å². The van der Waals surface area contributed by atoms with Crippen molar-refractivity contribution in [1.82, 2.24) is 4.98 Å². The van der Waals surface area contributed by atoms with Crippen molar-refractivity contribution in [1.29, 1.82) is 0 Å². The number of anilines is 1. The number of nitrogens with one attached hydrogen (secondary N) is 1. The SMILES string of the molecule is O=C(COC(=O)c1cc(-c2ccco2)nc2ccccc12)Nc1ccc(F)c(F)c1. The van der Waals surface area contributed by atoms with Crippen molar-refractivity contribution in [3.05, 3.63) is 84.1 Å². The van der Waals surface area contributed by atoms with E-state index in [-0.39, 0.29) is 11.3 Å². The topological polar surface area (TPSA) is 81.4 Å². The monoisotopic (exact) mass is 408 g/mol. The average molecular weight is 408 g/mol. The molecular weight excluding hydrogens is 394 g/mol. The summed E-state index contributed by atoms with van der Waals surface area (Å²) in [6, 6.07) is 14.8. The number of furan rings is 1. The van der Waals surface area contributed by atoms with Gasteiger partial charge >= 0.3 is 5.97 Å². The number of pyridine rings is 1. The summed E-state index contributed by atoms with van der Waals surface area (Å²) in [5, 5.41) is 2.89. The van der Waals surface area contributed by atoms with Crippen LogP contribution in [0, 0.1) is 11.6 Å². The van der Waals surface area contributed by atoms with Gasteiger partial charge in [-0.2, -0.15) is 0 Å². The van der Waals surface area contributed by atoms with Crippen LogP contribution in [0.2, 0.25) is 0 Å². The van der Waals surface area contributed by atoms with Crippen LogP contribution < -0.4 is 5.32 Å². The van der Waals surface area contributed by atoms with E-state index in [1.54, 1.807) is 36.4 Å². The molecule has 4 aromatic rings. The molecule has 0 bridgehead atoms. The number of rotatable bonds is 5. The van der Waals surface area contributed by atoms with E-state index in [2.05, 4.69) is 10.3 Å². The summed E-state index contributed by atoms with van der Waals surface area (Å²) in [5.74, 6) is -3.08. The summed E-state index contributed by atoms with van der Waals surface area (Å²) < 4.78 is 36.7. The van der Waals surface area contributed by atoms with E-state index in [9.17, 15) is 18.4 Å². The summed E-state index contributed by atoms with van der Waals surface area (Å²) in [5.41, 5.74) is 1.26. The molecule has 0 spiro atoms. The number of hydrogen-bond donors (Lipinski definition) is 1. The lowest BCUT2D eigenvalue weighted by atomic mass is 10.1. The van der Waals surface area contributed by atoms with Gasteiger partial charge in [0, 0.05) is 17.1 Å². The van der Waals surface area contributed by atoms with Crippen LogP contribution in [0.25, 0.3) is 22.4 Å². The van der Waals surface area contributed by atoms with Crippen LogP contribution in [0.15, 0.2) is 71.3 Å². The summed E-state index contributed by atoms with van der Waals surface area (Å²) in [7, 11) is 0. The molecule has 4 rings (SSSR count). The first kappa shape index (κ1) is 19.3. The van der Waals surface area contributed by atoms with Crippen LogP contribution >= 0.6 is 0 Å². The molecule has 0 fully saturated rings. The molecular formula is C22H14F2N2O4. The highest BCUT2D eigenvalue weighted by Crippen LogP contribution is 2.25. The van der Waals surface area contributed by atoms with Crippen LogP contribution in [0.5, 0.6) is 0 Å². The first-order valence-corrected chi connectivity index (χ1v) is 8.87. The Hall–Kier alpha value is -4.07. The third-order valence-corrected chi connectivity index (χ3v) is 4.25. The van der Waals surface area contributed by atoms with Crippen LogP contribution in [0.4, 0.5) is 14.5 Å². The van der Waals surface area contributed by atoms with Crippen LogP contribution in [0.3, 0.4) is 0 Å². The lowest BCUT2D eigenvalue weighted by molar-refractivity contribution is -0.119. The second-order valence-corrected chi connectivity index (χ2v) is 6.30. The Bertz CT molecular complexity index is 1240. The Morgan fingerprint density at radius 2 is 1.83 bits per heavy atom. The molecule has 0 unspecified atom stereocenters. The van der Waals surface area contributed by atoms with E-state index < -0.39 is 30.1 Å². The normalized spacial score (nSPS) is 10.7. The van der Waals surface area contributed by atoms with Gasteiger partial charge in [-0.15, -0.1) is 0 Å². The smallest absolute Gasteiger partial charge is 0.339 e. The minimum atomic E-state index is -1.10. The van der Waals surface area contributed by atoms with Gasteiger partial charge in [-0.3, -0.25) is 4.79 Å². The standard InChI is InChI=1S/C22H14F2N2O4/c23-16-8-7-13(10-17(16)24)25-21(27)12-30-22(28)15-11-19(20-6-3-9-29-20)26-18-5-2-1-4-14(15)18/h1-11H,12H2,(H,25,27). The van der Waals surface area contributed by atoms with Gasteiger partial charge < -0.3 is 14.5 Å². The molecule has 2 heterocycles. The quantitative estimate of drug-likeness (QED) is 0.490. The number of carbonyl (C=O) groups is 2. The highest BCUT2D eigenvalue weighted by molar-refractivity contribution is 6.05. The predicted octanol–water partition coefficient (Wildman–Crippen LogP) is 4.57. The van der Waals surface area contributed by atoms with E-state index in [0.29, 0.717) is 22.4 Å². The number of hydrogen-bond acceptors (Lipinski definition) is 5. The van der Waals surface area contributed by atoms with Crippen molar-refractivity contribution in [2.75, 3.05) is 11.9 Å². The predicted molar refractivity (Wildman–Crippen MR) is 105 cm³/mol. The Balaban J connectivity index is 1.52. The fraction of sp³-hybridized carbons (Fsp3) is 0.0455. The maximum absolute atomic E-state index is 13.2. The molecule has 0 aliphatic heterocycles. The number of ether oxygens (including phenoxy) is 1. The molecule has 2 aromatic heterocycles. The zero-order valence-electron chi connectivity index (χ0n) is 15.4. The van der Waals surface area contributed by atoms with Gasteiger partial charge in [0.25, 0.3) is 5.91 Å². The minimum absolute atomic E-state index is 0.0458. The molecule has 0 aliphatic rings. The second-order valence-electron chi connectivity index (χ2n) is 6.30. The molecule has 2 aromatic carbocycles. The highest BCUT2D eigenvalue weighted by Gasteiger charge is 2.17. The molecule has 150 valence electrons. The van der Waals surface area contributed by atoms with Crippen molar-refractivity contribution in [3.8, 4) is 11.5 Å². The van der Waals surface area contributed by atoms with Gasteiger partial charge in [-0.1, -0.05) is 18.2 Å². The molecule has 0 saturated carbocycles. The van der Waals surface area contributed by atoms with Gasteiger partial charge in [0.15, 0.2) is 24.0 Å². The van der Waals surface area contributed by atoms with Gasteiger partial charge in [0.1, 0.15) is 5.69 Å². The largest absolute Gasteiger partial charge is 0.463 e. The number of aromatic nitrogens is 1. The van der Waals surface area contributed by atoms with Crippen LogP contribution in [0.1, 0.15) is 10.4 Å². The number of fused-ring (bicyclic) bond motifs is 1. The maximum atomic E-state index is 13.2. The second kappa shape index (κ2) is 8.12. The molecule has 1 amide bonds. The number of halogens is 2. The molecule has 8 heteroatoms. The molecule has 30 heavy (non-hydrogen) atoms. The van der Waals surface area contributed by atoms with Gasteiger partial charge in [0.05, 0.1) is 17.3 Å². The van der Waals surface area contributed by atoms with E-state index in [4.69, 9.17) is 9.15 Å². The lowest BCUT2D eigenvalue weighted by Gasteiger charge is -2.10. The fourth-order valence-corrected chi connectivity index (χ4v) is 2.87. The fourth-order valence-electron chi connectivity index (χ4n) is 2.87. The zero-order chi connectivity index (χ0) is 21.1. The third kappa shape index (κ3) is 4.02. The first-order chi connectivity index (χ1) is 14.5. The number of esters is 1. The van der Waals surface area contributed by atoms with Gasteiger partial charge in [-0.05, 0) is 36.4 Å². The number of carbonyl (C=O) groups excluding carboxylic acids is 2. The summed E-state index contributed by atoms with van der Waals surface area (Å²) in [6.45, 7) is -0.607. The summed E-state index contributed by atoms with van der Waals surface area (Å²) in [4.78, 5) is 29.2. The minimum Gasteiger partial charge on any atom is -0.463 e. The Morgan fingerprint density at radius 3 is 2.60 bits per heavy atom. The number of benzene rings is 2. The third-order valence-electron chi connectivity index (χ3n) is 4.25. The van der Waals surface area contributed by atoms with Gasteiger partial charge in [0.2, 0.25) is 0 Å². The zero-order valence-corrected chi connectivity index (χ0v) is 15.4. The first-order valence-electron chi connectivity index (χ1n) is 8.87. The molecule has 6 nitrogen and oxygen atoms in total. The Morgan fingerprint density at radius 1 is 1.00 bits per heavy atom. The van der Waals surface area contributed by atoms with Crippen molar-refractivity contribution in [3.63, 3.8) is 0 Å². The van der Waals surface area contributed by atoms with E-state index >= 15 is 0 Å². The Kier molecular flexibility index (Phi) is 5.21. The maximum Gasteiger partial charge on any atom is 0.339 e. The molecule has 0 radical (unpaired) electrons. The number of amides is 1. The summed E-state index contributed by atoms with van der Waals surface area (Å²) >= 11 is 0. The molecule has 0 aliphatic carbocycles. The highest BCUT2D eigenvalue weighted by atomic mass is 19.2. The van der Waals surface area contributed by atoms with Crippen molar-refractivity contribution < 1.29 is 27.5 Å². The van der Waals surface area contributed by atoms with E-state index in [1.807, 2.05) is 0 Å². The van der Waals surface area contributed by atoms with Crippen molar-refractivity contribution in [2.24, 2.45) is 0 Å². The summed E-state index contributed by atoms with van der Waals surface area (Å²) in [6.07, 6.45) is 1.49. The van der Waals surface area contributed by atoms with E-state index in [1.165, 1.54) is 18.4 Å². The molecule has 0 atom stereocenters. The number of nitrogens with zero attached hydrogens (tertiary/aromatic N) is 1. The van der Waals surface area contributed by atoms with Crippen molar-refractivity contribution in [2.45, 2.75) is 0 Å². The molecule has 1 N–H and O–H groups in total. The van der Waals surface area contributed by atoms with Crippen LogP contribution in [-0.2, 0) is 9.53 Å². The molecule has 0 saturated heterocycles.